The van der Waals surface area contributed by atoms with Gasteiger partial charge in [-0.05, 0) is 30.9 Å². The number of carbonyl (C=O) groups is 2. The van der Waals surface area contributed by atoms with E-state index in [4.69, 9.17) is 15.8 Å². The third-order valence-corrected chi connectivity index (χ3v) is 6.90. The highest BCUT2D eigenvalue weighted by atomic mass is 16.4. The number of carbonyl (C=O) groups excluding carboxylic acids is 1. The largest absolute Gasteiger partial charge is 0.465 e. The summed E-state index contributed by atoms with van der Waals surface area (Å²) in [7, 11) is 1.39. The first-order valence-electron chi connectivity index (χ1n) is 12.9. The fraction of sp³-hybridized carbons (Fsp3) is 0.520. The molecule has 1 aliphatic rings. The summed E-state index contributed by atoms with van der Waals surface area (Å²) in [6.45, 7) is 8.42. The van der Waals surface area contributed by atoms with Crippen LogP contribution < -0.4 is 16.0 Å². The maximum atomic E-state index is 12.4. The molecule has 0 aromatic carbocycles. The number of rotatable bonds is 9. The molecule has 2 amide bonds. The van der Waals surface area contributed by atoms with Gasteiger partial charge in [-0.1, -0.05) is 19.9 Å². The molecule has 3 aromatic heterocycles. The minimum atomic E-state index is -1.12. The topological polar surface area (TPSA) is 158 Å². The summed E-state index contributed by atoms with van der Waals surface area (Å²) in [6.07, 6.45) is 5.00. The van der Waals surface area contributed by atoms with E-state index >= 15 is 0 Å². The van der Waals surface area contributed by atoms with Gasteiger partial charge < -0.3 is 30.9 Å². The molecule has 0 saturated carbocycles. The van der Waals surface area contributed by atoms with Crippen LogP contribution in [0.5, 0.6) is 0 Å². The van der Waals surface area contributed by atoms with Crippen LogP contribution in [0.15, 0.2) is 18.5 Å². The van der Waals surface area contributed by atoms with Crippen molar-refractivity contribution in [3.63, 3.8) is 0 Å². The lowest BCUT2D eigenvalue weighted by Gasteiger charge is -2.36. The second-order valence-corrected chi connectivity index (χ2v) is 9.63. The average Bonchev–Trinajstić information content (AvgIpc) is 3.30. The van der Waals surface area contributed by atoms with E-state index in [9.17, 15) is 9.59 Å². The predicted molar refractivity (Wildman–Crippen MR) is 144 cm³/mol. The van der Waals surface area contributed by atoms with Gasteiger partial charge >= 0.3 is 6.09 Å². The summed E-state index contributed by atoms with van der Waals surface area (Å²) in [4.78, 5) is 41.8. The first-order valence-corrected chi connectivity index (χ1v) is 12.9. The number of imidazole rings is 1. The van der Waals surface area contributed by atoms with Crippen LogP contribution in [0.3, 0.4) is 0 Å². The molecule has 13 nitrogen and oxygen atoms in total. The number of hydrogen-bond acceptors (Lipinski definition) is 9. The molecule has 0 radical (unpaired) electrons. The Bertz CT molecular complexity index is 1300. The molecule has 0 unspecified atom stereocenters. The number of hydrogen-bond donors (Lipinski definition) is 3. The second-order valence-electron chi connectivity index (χ2n) is 9.63. The summed E-state index contributed by atoms with van der Waals surface area (Å²) in [5.74, 6) is 1.51. The SMILES string of the molecule is CCC(CC)Nc1nc(N)c2ncc(Cc3cnc(N4CCN(C(=O)CN(C)C(=O)O)CC4)c(C)c3)n2n1. The monoisotopic (exact) mass is 524 g/mol. The molecule has 0 aliphatic carbocycles. The molecule has 13 heteroatoms. The molecule has 1 saturated heterocycles. The molecule has 38 heavy (non-hydrogen) atoms. The van der Waals surface area contributed by atoms with Crippen LogP contribution in [-0.4, -0.2) is 97.3 Å². The summed E-state index contributed by atoms with van der Waals surface area (Å²) in [6, 6.07) is 2.37. The summed E-state index contributed by atoms with van der Waals surface area (Å²) in [5, 5.41) is 17.0. The number of carboxylic acid groups (broad SMARTS) is 1. The fourth-order valence-electron chi connectivity index (χ4n) is 4.61. The molecule has 4 heterocycles. The average molecular weight is 525 g/mol. The van der Waals surface area contributed by atoms with Gasteiger partial charge in [0, 0.05) is 51.9 Å². The van der Waals surface area contributed by atoms with E-state index < -0.39 is 6.09 Å². The zero-order chi connectivity index (χ0) is 27.4. The second kappa shape index (κ2) is 11.5. The molecule has 3 aromatic rings. The zero-order valence-corrected chi connectivity index (χ0v) is 22.4. The van der Waals surface area contributed by atoms with E-state index in [0.29, 0.717) is 50.0 Å². The van der Waals surface area contributed by atoms with Gasteiger partial charge in [-0.2, -0.15) is 4.98 Å². The number of fused-ring (bicyclic) bond motifs is 1. The highest BCUT2D eigenvalue weighted by Gasteiger charge is 2.24. The maximum Gasteiger partial charge on any atom is 0.407 e. The molecule has 4 N–H and O–H groups in total. The van der Waals surface area contributed by atoms with Crippen molar-refractivity contribution in [2.75, 3.05) is 55.7 Å². The van der Waals surface area contributed by atoms with Crippen molar-refractivity contribution >= 4 is 35.2 Å². The Morgan fingerprint density at radius 2 is 1.87 bits per heavy atom. The Balaban J connectivity index is 1.43. The van der Waals surface area contributed by atoms with Gasteiger partial charge in [0.25, 0.3) is 0 Å². The first kappa shape index (κ1) is 26.9. The van der Waals surface area contributed by atoms with Crippen molar-refractivity contribution in [1.82, 2.24) is 34.4 Å². The normalized spacial score (nSPS) is 13.8. The van der Waals surface area contributed by atoms with Crippen molar-refractivity contribution < 1.29 is 14.7 Å². The Hall–Kier alpha value is -4.16. The Morgan fingerprint density at radius 1 is 1.16 bits per heavy atom. The number of nitrogens with zero attached hydrogens (tertiary/aromatic N) is 8. The summed E-state index contributed by atoms with van der Waals surface area (Å²) >= 11 is 0. The molecule has 0 spiro atoms. The molecular formula is C25H36N10O3. The van der Waals surface area contributed by atoms with Crippen molar-refractivity contribution in [3.8, 4) is 0 Å². The van der Waals surface area contributed by atoms with Crippen molar-refractivity contribution in [3.05, 3.63) is 35.3 Å². The van der Waals surface area contributed by atoms with Crippen LogP contribution >= 0.6 is 0 Å². The zero-order valence-electron chi connectivity index (χ0n) is 22.4. The van der Waals surface area contributed by atoms with E-state index in [0.717, 1.165) is 40.4 Å². The minimum Gasteiger partial charge on any atom is -0.465 e. The van der Waals surface area contributed by atoms with Gasteiger partial charge in [0.1, 0.15) is 12.4 Å². The molecule has 1 aliphatic heterocycles. The number of nitrogen functional groups attached to an aromatic ring is 1. The van der Waals surface area contributed by atoms with Crippen molar-refractivity contribution in [1.29, 1.82) is 0 Å². The van der Waals surface area contributed by atoms with Crippen LogP contribution in [0.1, 0.15) is 43.5 Å². The fourth-order valence-corrected chi connectivity index (χ4v) is 4.61. The van der Waals surface area contributed by atoms with Crippen molar-refractivity contribution in [2.45, 2.75) is 46.1 Å². The number of nitrogens with two attached hydrogens (primary N) is 1. The van der Waals surface area contributed by atoms with Crippen molar-refractivity contribution in [2.24, 2.45) is 0 Å². The smallest absolute Gasteiger partial charge is 0.407 e. The molecule has 0 bridgehead atoms. The van der Waals surface area contributed by atoms with E-state index in [1.165, 1.54) is 7.05 Å². The number of anilines is 3. The van der Waals surface area contributed by atoms with Gasteiger partial charge in [0.15, 0.2) is 11.5 Å². The van der Waals surface area contributed by atoms with Gasteiger partial charge in [-0.3, -0.25) is 4.79 Å². The number of nitrogens with one attached hydrogen (secondary N) is 1. The first-order chi connectivity index (χ1) is 18.2. The van der Waals surface area contributed by atoms with E-state index in [2.05, 4.69) is 45.2 Å². The van der Waals surface area contributed by atoms with Crippen LogP contribution in [0, 0.1) is 6.92 Å². The maximum absolute atomic E-state index is 12.4. The standard InChI is InChI=1S/C25H36N10O3/c1-5-18(6-2)29-24-30-21(26)23-28-14-19(35(23)31-24)12-17-11-16(3)22(27-13-17)34-9-7-33(8-10-34)20(36)15-32(4)25(37)38/h11,13-14,18H,5-10,12,15H2,1-4H3,(H,37,38)(H3,26,29,30,31). The summed E-state index contributed by atoms with van der Waals surface area (Å²) in [5.41, 5.74) is 9.63. The number of piperazine rings is 1. The number of aryl methyl sites for hydroxylation is 1. The van der Waals surface area contributed by atoms with Gasteiger partial charge in [0.05, 0.1) is 11.9 Å². The van der Waals surface area contributed by atoms with Crippen LogP contribution in [-0.2, 0) is 11.2 Å². The van der Waals surface area contributed by atoms with E-state index in [-0.39, 0.29) is 18.5 Å². The quantitative estimate of drug-likeness (QED) is 0.377. The van der Waals surface area contributed by atoms with E-state index in [1.807, 2.05) is 13.1 Å². The van der Waals surface area contributed by atoms with Gasteiger partial charge in [-0.15, -0.1) is 5.10 Å². The lowest BCUT2D eigenvalue weighted by molar-refractivity contribution is -0.132. The highest BCUT2D eigenvalue weighted by Crippen LogP contribution is 2.22. The van der Waals surface area contributed by atoms with Gasteiger partial charge in [-0.25, -0.2) is 19.3 Å². The molecule has 204 valence electrons. The third kappa shape index (κ3) is 5.87. The van der Waals surface area contributed by atoms with Crippen LogP contribution in [0.25, 0.3) is 5.65 Å². The van der Waals surface area contributed by atoms with Crippen LogP contribution in [0.2, 0.25) is 0 Å². The lowest BCUT2D eigenvalue weighted by atomic mass is 10.1. The summed E-state index contributed by atoms with van der Waals surface area (Å²) < 4.78 is 1.74. The Labute approximate surface area is 221 Å². The highest BCUT2D eigenvalue weighted by molar-refractivity contribution is 5.82. The minimum absolute atomic E-state index is 0.142. The number of amides is 2. The Kier molecular flexibility index (Phi) is 8.13. The van der Waals surface area contributed by atoms with E-state index in [1.54, 1.807) is 15.6 Å². The molecule has 1 fully saturated rings. The number of likely N-dealkylation sites (N-methyl/N-ethyl adjacent to an activating group) is 1. The third-order valence-electron chi connectivity index (χ3n) is 6.90. The number of pyridine rings is 1. The Morgan fingerprint density at radius 3 is 2.50 bits per heavy atom. The number of aromatic nitrogens is 5. The van der Waals surface area contributed by atoms with Crippen LogP contribution in [0.4, 0.5) is 22.4 Å². The molecular weight excluding hydrogens is 488 g/mol. The molecule has 0 atom stereocenters. The predicted octanol–water partition coefficient (Wildman–Crippen LogP) is 1.86. The molecule has 4 rings (SSSR count). The van der Waals surface area contributed by atoms with Gasteiger partial charge in [0.2, 0.25) is 11.9 Å². The lowest BCUT2D eigenvalue weighted by Crippen LogP contribution is -2.51.